The van der Waals surface area contributed by atoms with E-state index in [0.717, 1.165) is 5.39 Å². The lowest BCUT2D eigenvalue weighted by Crippen LogP contribution is -1.98. The van der Waals surface area contributed by atoms with Gasteiger partial charge in [-0.3, -0.25) is 10.1 Å². The van der Waals surface area contributed by atoms with E-state index in [1.807, 2.05) is 0 Å². The van der Waals surface area contributed by atoms with Gasteiger partial charge in [-0.05, 0) is 36.4 Å². The highest BCUT2D eigenvalue weighted by atomic mass is 35.5. The van der Waals surface area contributed by atoms with Crippen molar-refractivity contribution < 1.29 is 4.92 Å². The number of anilines is 1. The minimum absolute atomic E-state index is 0.123. The Hall–Kier alpha value is -2.37. The number of nitrogen functional groups attached to an aromatic ring is 1. The number of benzene rings is 2. The van der Waals surface area contributed by atoms with Crippen LogP contribution in [0.25, 0.3) is 22.0 Å². The zero-order chi connectivity index (χ0) is 15.9. The van der Waals surface area contributed by atoms with E-state index >= 15 is 0 Å². The monoisotopic (exact) mass is 333 g/mol. The van der Waals surface area contributed by atoms with Gasteiger partial charge in [0, 0.05) is 27.1 Å². The van der Waals surface area contributed by atoms with Crippen LogP contribution in [0.1, 0.15) is 0 Å². The first kappa shape index (κ1) is 14.6. The van der Waals surface area contributed by atoms with Crippen molar-refractivity contribution in [3.63, 3.8) is 0 Å². The number of pyridine rings is 1. The van der Waals surface area contributed by atoms with Crippen molar-refractivity contribution in [2.45, 2.75) is 0 Å². The highest BCUT2D eigenvalue weighted by molar-refractivity contribution is 6.31. The van der Waals surface area contributed by atoms with Gasteiger partial charge in [0.05, 0.1) is 16.0 Å². The Bertz CT molecular complexity index is 913. The Morgan fingerprint density at radius 2 is 1.68 bits per heavy atom. The molecule has 2 N–H and O–H groups in total. The standard InChI is InChI=1S/C15H9Cl2N3O2/c16-9-2-4-13-8(5-9)6-12(15(18)19-13)11-3-1-10(17)7-14(11)20(21)22/h1-7H,(H2,18,19). The van der Waals surface area contributed by atoms with E-state index in [0.29, 0.717) is 21.7 Å². The molecule has 1 heterocycles. The predicted octanol–water partition coefficient (Wildman–Crippen LogP) is 4.70. The average Bonchev–Trinajstić information content (AvgIpc) is 2.47. The van der Waals surface area contributed by atoms with Crippen molar-refractivity contribution >= 4 is 45.6 Å². The van der Waals surface area contributed by atoms with Gasteiger partial charge in [0.1, 0.15) is 5.82 Å². The smallest absolute Gasteiger partial charge is 0.278 e. The molecule has 5 nitrogen and oxygen atoms in total. The molecule has 7 heteroatoms. The number of fused-ring (bicyclic) bond motifs is 1. The van der Waals surface area contributed by atoms with Crippen LogP contribution in [-0.2, 0) is 0 Å². The molecule has 0 amide bonds. The van der Waals surface area contributed by atoms with Gasteiger partial charge in [0.15, 0.2) is 0 Å². The van der Waals surface area contributed by atoms with Crippen molar-refractivity contribution in [2.75, 3.05) is 5.73 Å². The molecule has 0 aliphatic carbocycles. The van der Waals surface area contributed by atoms with E-state index in [1.54, 1.807) is 36.4 Å². The van der Waals surface area contributed by atoms with E-state index in [4.69, 9.17) is 28.9 Å². The Labute approximate surface area is 135 Å². The molecular weight excluding hydrogens is 325 g/mol. The zero-order valence-electron chi connectivity index (χ0n) is 11.1. The van der Waals surface area contributed by atoms with Crippen LogP contribution in [0.5, 0.6) is 0 Å². The minimum Gasteiger partial charge on any atom is -0.383 e. The molecule has 110 valence electrons. The van der Waals surface area contributed by atoms with Crippen LogP contribution in [0, 0.1) is 10.1 Å². The molecule has 2 aromatic carbocycles. The molecule has 0 aliphatic heterocycles. The number of nitrogens with zero attached hydrogens (tertiary/aromatic N) is 2. The lowest BCUT2D eigenvalue weighted by atomic mass is 10.0. The molecule has 0 fully saturated rings. The summed E-state index contributed by atoms with van der Waals surface area (Å²) < 4.78 is 0. The van der Waals surface area contributed by atoms with E-state index in [2.05, 4.69) is 4.98 Å². The molecule has 3 aromatic rings. The average molecular weight is 334 g/mol. The van der Waals surface area contributed by atoms with Crippen molar-refractivity contribution in [2.24, 2.45) is 0 Å². The summed E-state index contributed by atoms with van der Waals surface area (Å²) in [6, 6.07) is 11.3. The molecule has 0 bridgehead atoms. The van der Waals surface area contributed by atoms with E-state index in [1.165, 1.54) is 6.07 Å². The number of nitro benzene ring substituents is 1. The normalized spacial score (nSPS) is 10.8. The molecule has 0 unspecified atom stereocenters. The van der Waals surface area contributed by atoms with Gasteiger partial charge in [-0.2, -0.15) is 0 Å². The van der Waals surface area contributed by atoms with Gasteiger partial charge in [0.25, 0.3) is 5.69 Å². The number of halogens is 2. The van der Waals surface area contributed by atoms with Gasteiger partial charge < -0.3 is 5.73 Å². The highest BCUT2D eigenvalue weighted by Gasteiger charge is 2.19. The molecule has 1 aromatic heterocycles. The summed E-state index contributed by atoms with van der Waals surface area (Å²) in [5.41, 5.74) is 7.34. The second-order valence-electron chi connectivity index (χ2n) is 4.68. The second kappa shape index (κ2) is 5.44. The Morgan fingerprint density at radius 3 is 2.41 bits per heavy atom. The molecule has 3 rings (SSSR count). The number of nitro groups is 1. The minimum atomic E-state index is -0.497. The van der Waals surface area contributed by atoms with Gasteiger partial charge in [0.2, 0.25) is 0 Å². The molecule has 0 aliphatic rings. The van der Waals surface area contributed by atoms with E-state index in [9.17, 15) is 10.1 Å². The van der Waals surface area contributed by atoms with Crippen LogP contribution in [0.2, 0.25) is 10.0 Å². The highest BCUT2D eigenvalue weighted by Crippen LogP contribution is 2.36. The Kier molecular flexibility index (Phi) is 3.60. The molecule has 0 atom stereocenters. The summed E-state index contributed by atoms with van der Waals surface area (Å²) >= 11 is 11.8. The van der Waals surface area contributed by atoms with Crippen molar-refractivity contribution in [1.29, 1.82) is 0 Å². The summed E-state index contributed by atoms with van der Waals surface area (Å²) in [4.78, 5) is 15.0. The maximum atomic E-state index is 11.2. The molecule has 0 spiro atoms. The fourth-order valence-electron chi connectivity index (χ4n) is 2.26. The fourth-order valence-corrected chi connectivity index (χ4v) is 2.61. The van der Waals surface area contributed by atoms with Crippen LogP contribution in [0.3, 0.4) is 0 Å². The van der Waals surface area contributed by atoms with Crippen molar-refractivity contribution in [3.05, 3.63) is 62.6 Å². The van der Waals surface area contributed by atoms with Crippen LogP contribution in [-0.4, -0.2) is 9.91 Å². The van der Waals surface area contributed by atoms with Crippen molar-refractivity contribution in [3.8, 4) is 11.1 Å². The second-order valence-corrected chi connectivity index (χ2v) is 5.55. The summed E-state index contributed by atoms with van der Waals surface area (Å²) in [5.74, 6) is 0.209. The Balaban J connectivity index is 2.30. The number of hydrogen-bond acceptors (Lipinski definition) is 4. The number of hydrogen-bond donors (Lipinski definition) is 1. The third kappa shape index (κ3) is 2.56. The number of rotatable bonds is 2. The first-order valence-electron chi connectivity index (χ1n) is 6.26. The molecule has 0 saturated heterocycles. The van der Waals surface area contributed by atoms with Crippen LogP contribution in [0.4, 0.5) is 11.5 Å². The largest absolute Gasteiger partial charge is 0.383 e. The zero-order valence-corrected chi connectivity index (χ0v) is 12.6. The fraction of sp³-hybridized carbons (Fsp3) is 0. The van der Waals surface area contributed by atoms with Crippen molar-refractivity contribution in [1.82, 2.24) is 4.98 Å². The maximum absolute atomic E-state index is 11.2. The van der Waals surface area contributed by atoms with Crippen LogP contribution >= 0.6 is 23.2 Å². The van der Waals surface area contributed by atoms with Gasteiger partial charge in [-0.15, -0.1) is 0 Å². The third-order valence-corrected chi connectivity index (χ3v) is 3.72. The summed E-state index contributed by atoms with van der Waals surface area (Å²) in [6.07, 6.45) is 0. The predicted molar refractivity (Wildman–Crippen MR) is 88.3 cm³/mol. The van der Waals surface area contributed by atoms with Gasteiger partial charge in [-0.1, -0.05) is 23.2 Å². The molecular formula is C15H9Cl2N3O2. The third-order valence-electron chi connectivity index (χ3n) is 3.25. The lowest BCUT2D eigenvalue weighted by Gasteiger charge is -2.08. The quantitative estimate of drug-likeness (QED) is 0.544. The van der Waals surface area contributed by atoms with E-state index in [-0.39, 0.29) is 16.5 Å². The summed E-state index contributed by atoms with van der Waals surface area (Å²) in [7, 11) is 0. The van der Waals surface area contributed by atoms with Crippen LogP contribution in [0.15, 0.2) is 42.5 Å². The molecule has 0 radical (unpaired) electrons. The number of aromatic nitrogens is 1. The maximum Gasteiger partial charge on any atom is 0.278 e. The Morgan fingerprint density at radius 1 is 1.00 bits per heavy atom. The lowest BCUT2D eigenvalue weighted by molar-refractivity contribution is -0.384. The van der Waals surface area contributed by atoms with E-state index < -0.39 is 4.92 Å². The van der Waals surface area contributed by atoms with Gasteiger partial charge in [-0.25, -0.2) is 4.98 Å². The number of nitrogens with two attached hydrogens (primary N) is 1. The van der Waals surface area contributed by atoms with Crippen LogP contribution < -0.4 is 5.73 Å². The topological polar surface area (TPSA) is 82.0 Å². The first-order valence-corrected chi connectivity index (χ1v) is 7.01. The first-order chi connectivity index (χ1) is 10.5. The SMILES string of the molecule is Nc1nc2ccc(Cl)cc2cc1-c1ccc(Cl)cc1[N+](=O)[O-]. The van der Waals surface area contributed by atoms with Gasteiger partial charge >= 0.3 is 0 Å². The summed E-state index contributed by atoms with van der Waals surface area (Å²) in [5, 5.41) is 12.8. The summed E-state index contributed by atoms with van der Waals surface area (Å²) in [6.45, 7) is 0. The molecule has 22 heavy (non-hydrogen) atoms. The molecule has 0 saturated carbocycles.